The second kappa shape index (κ2) is 7.20. The molecule has 0 radical (unpaired) electrons. The fourth-order valence-electron chi connectivity index (χ4n) is 2.15. The molecule has 0 aliphatic rings. The smallest absolute Gasteiger partial charge is 0.287 e. The van der Waals surface area contributed by atoms with E-state index in [0.717, 1.165) is 6.07 Å². The average molecular weight is 350 g/mol. The Hall–Kier alpha value is -2.78. The molecule has 0 atom stereocenters. The summed E-state index contributed by atoms with van der Waals surface area (Å²) in [4.78, 5) is 21.0. The zero-order valence-electron chi connectivity index (χ0n) is 12.4. The molecule has 0 unspecified atom stereocenters. The number of para-hydroxylation sites is 1. The van der Waals surface area contributed by atoms with E-state index in [1.807, 2.05) is 0 Å². The van der Waals surface area contributed by atoms with Gasteiger partial charge in [0.25, 0.3) is 5.69 Å². The third-order valence-electron chi connectivity index (χ3n) is 3.27. The molecule has 2 aromatic carbocycles. The van der Waals surface area contributed by atoms with Gasteiger partial charge in [-0.3, -0.25) is 20.1 Å². The van der Waals surface area contributed by atoms with Crippen molar-refractivity contribution in [2.24, 2.45) is 0 Å². The van der Waals surface area contributed by atoms with E-state index in [-0.39, 0.29) is 11.3 Å². The predicted molar refractivity (Wildman–Crippen MR) is 84.1 cm³/mol. The lowest BCUT2D eigenvalue weighted by Crippen LogP contribution is -2.20. The molecule has 0 spiro atoms. The van der Waals surface area contributed by atoms with Crippen LogP contribution in [0, 0.1) is 10.1 Å². The van der Waals surface area contributed by atoms with E-state index in [2.05, 4.69) is 0 Å². The molecule has 0 aliphatic carbocycles. The van der Waals surface area contributed by atoms with Crippen molar-refractivity contribution in [1.82, 2.24) is 5.48 Å². The summed E-state index contributed by atoms with van der Waals surface area (Å²) in [6.07, 6.45) is -0.0479. The van der Waals surface area contributed by atoms with Crippen LogP contribution in [0.15, 0.2) is 53.4 Å². The van der Waals surface area contributed by atoms with Crippen molar-refractivity contribution >= 4 is 21.4 Å². The Morgan fingerprint density at radius 2 is 1.67 bits per heavy atom. The number of nitrogens with zero attached hydrogens (tertiary/aromatic N) is 1. The average Bonchev–Trinajstić information content (AvgIpc) is 2.56. The number of amides is 1. The van der Waals surface area contributed by atoms with Crippen LogP contribution in [0.5, 0.6) is 0 Å². The van der Waals surface area contributed by atoms with E-state index < -0.39 is 32.1 Å². The van der Waals surface area contributed by atoms with Gasteiger partial charge in [0.15, 0.2) is 9.84 Å². The molecule has 0 bridgehead atoms. The molecule has 2 rings (SSSR count). The second-order valence-electron chi connectivity index (χ2n) is 5.01. The van der Waals surface area contributed by atoms with Crippen LogP contribution in [0.25, 0.3) is 0 Å². The van der Waals surface area contributed by atoms with Crippen LogP contribution in [-0.2, 0) is 26.8 Å². The molecule has 0 aromatic heterocycles. The lowest BCUT2D eigenvalue weighted by Gasteiger charge is -2.06. The topological polar surface area (TPSA) is 127 Å². The first-order valence-electron chi connectivity index (χ1n) is 6.80. The van der Waals surface area contributed by atoms with Crippen LogP contribution in [0.2, 0.25) is 0 Å². The Kier molecular flexibility index (Phi) is 5.27. The Balaban J connectivity index is 2.24. The van der Waals surface area contributed by atoms with Crippen molar-refractivity contribution in [3.05, 3.63) is 69.8 Å². The van der Waals surface area contributed by atoms with Gasteiger partial charge in [-0.05, 0) is 17.2 Å². The molecular formula is C15H14N2O6S. The second-order valence-corrected chi connectivity index (χ2v) is 6.97. The molecule has 2 aromatic rings. The molecule has 8 nitrogen and oxygen atoms in total. The van der Waals surface area contributed by atoms with Gasteiger partial charge in [0.1, 0.15) is 4.90 Å². The summed E-state index contributed by atoms with van der Waals surface area (Å²) in [6.45, 7) is 0. The highest BCUT2D eigenvalue weighted by Gasteiger charge is 2.25. The summed E-state index contributed by atoms with van der Waals surface area (Å²) in [5.41, 5.74) is 2.06. The standard InChI is InChI=1S/C15H14N2O6S/c18-15(16-19)9-11-5-7-12(8-6-11)10-24(22,23)14-4-2-1-3-13(14)17(20)21/h1-8,19H,9-10H2,(H,16,18). The first kappa shape index (κ1) is 17.6. The summed E-state index contributed by atoms with van der Waals surface area (Å²) >= 11 is 0. The maximum absolute atomic E-state index is 12.4. The zero-order valence-corrected chi connectivity index (χ0v) is 13.2. The maximum atomic E-state index is 12.4. The minimum atomic E-state index is -3.89. The van der Waals surface area contributed by atoms with E-state index >= 15 is 0 Å². The first-order valence-corrected chi connectivity index (χ1v) is 8.45. The third-order valence-corrected chi connectivity index (χ3v) is 4.99. The maximum Gasteiger partial charge on any atom is 0.287 e. The van der Waals surface area contributed by atoms with Crippen LogP contribution < -0.4 is 5.48 Å². The summed E-state index contributed by atoms with van der Waals surface area (Å²) in [7, 11) is -3.89. The monoisotopic (exact) mass is 350 g/mol. The number of hydroxylamine groups is 1. The highest BCUT2D eigenvalue weighted by atomic mass is 32.2. The molecule has 0 fully saturated rings. The fraction of sp³-hybridized carbons (Fsp3) is 0.133. The van der Waals surface area contributed by atoms with Crippen molar-refractivity contribution in [2.75, 3.05) is 0 Å². The van der Waals surface area contributed by atoms with Crippen molar-refractivity contribution in [3.8, 4) is 0 Å². The van der Waals surface area contributed by atoms with E-state index in [4.69, 9.17) is 5.21 Å². The number of nitrogens with one attached hydrogen (secondary N) is 1. The number of benzene rings is 2. The summed E-state index contributed by atoms with van der Waals surface area (Å²) < 4.78 is 24.9. The molecule has 0 heterocycles. The van der Waals surface area contributed by atoms with Crippen LogP contribution >= 0.6 is 0 Å². The van der Waals surface area contributed by atoms with Gasteiger partial charge in [-0.1, -0.05) is 36.4 Å². The molecule has 1 amide bonds. The first-order chi connectivity index (χ1) is 11.3. The Morgan fingerprint density at radius 3 is 2.25 bits per heavy atom. The SMILES string of the molecule is O=C(Cc1ccc(CS(=O)(=O)c2ccccc2[N+](=O)[O-])cc1)NO. The van der Waals surface area contributed by atoms with Gasteiger partial charge in [-0.25, -0.2) is 13.9 Å². The molecule has 0 saturated heterocycles. The number of carbonyl (C=O) groups excluding carboxylic acids is 1. The molecule has 0 aliphatic heterocycles. The van der Waals surface area contributed by atoms with Crippen LogP contribution in [0.4, 0.5) is 5.69 Å². The van der Waals surface area contributed by atoms with Crippen molar-refractivity contribution in [3.63, 3.8) is 0 Å². The molecule has 24 heavy (non-hydrogen) atoms. The summed E-state index contributed by atoms with van der Waals surface area (Å²) in [5, 5.41) is 19.4. The Bertz CT molecular complexity index is 862. The lowest BCUT2D eigenvalue weighted by atomic mass is 10.1. The number of nitro benzene ring substituents is 1. The molecule has 2 N–H and O–H groups in total. The molecule has 0 saturated carbocycles. The summed E-state index contributed by atoms with van der Waals surface area (Å²) in [6, 6.07) is 11.3. The lowest BCUT2D eigenvalue weighted by molar-refractivity contribution is -0.387. The Morgan fingerprint density at radius 1 is 1.08 bits per heavy atom. The molecule has 9 heteroatoms. The van der Waals surface area contributed by atoms with Gasteiger partial charge in [-0.15, -0.1) is 0 Å². The van der Waals surface area contributed by atoms with Crippen molar-refractivity contribution in [2.45, 2.75) is 17.1 Å². The van der Waals surface area contributed by atoms with Gasteiger partial charge in [0.05, 0.1) is 17.1 Å². The minimum absolute atomic E-state index is 0.0479. The van der Waals surface area contributed by atoms with Crippen LogP contribution in [0.1, 0.15) is 11.1 Å². The number of sulfone groups is 1. The van der Waals surface area contributed by atoms with Crippen LogP contribution in [-0.4, -0.2) is 24.5 Å². The van der Waals surface area contributed by atoms with Gasteiger partial charge < -0.3 is 0 Å². The van der Waals surface area contributed by atoms with E-state index in [1.165, 1.54) is 35.8 Å². The molecule has 126 valence electrons. The summed E-state index contributed by atoms with van der Waals surface area (Å²) in [5.74, 6) is -0.986. The highest BCUT2D eigenvalue weighted by molar-refractivity contribution is 7.90. The van der Waals surface area contributed by atoms with Crippen LogP contribution in [0.3, 0.4) is 0 Å². The minimum Gasteiger partial charge on any atom is -0.289 e. The predicted octanol–water partition coefficient (Wildman–Crippen LogP) is 1.62. The van der Waals surface area contributed by atoms with Gasteiger partial charge >= 0.3 is 0 Å². The number of rotatable bonds is 6. The number of nitro groups is 1. The van der Waals surface area contributed by atoms with Gasteiger partial charge in [0, 0.05) is 6.07 Å². The number of hydrogen-bond acceptors (Lipinski definition) is 6. The quantitative estimate of drug-likeness (QED) is 0.463. The van der Waals surface area contributed by atoms with Gasteiger partial charge in [-0.2, -0.15) is 0 Å². The van der Waals surface area contributed by atoms with Crippen molar-refractivity contribution < 1.29 is 23.3 Å². The highest BCUT2D eigenvalue weighted by Crippen LogP contribution is 2.26. The zero-order chi connectivity index (χ0) is 17.7. The molecular weight excluding hydrogens is 336 g/mol. The number of carbonyl (C=O) groups is 1. The largest absolute Gasteiger partial charge is 0.289 e. The fourth-order valence-corrected chi connectivity index (χ4v) is 3.68. The Labute approximate surface area is 137 Å². The van der Waals surface area contributed by atoms with E-state index in [0.29, 0.717) is 11.1 Å². The van der Waals surface area contributed by atoms with E-state index in [1.54, 1.807) is 12.1 Å². The van der Waals surface area contributed by atoms with Crippen molar-refractivity contribution in [1.29, 1.82) is 0 Å². The van der Waals surface area contributed by atoms with Gasteiger partial charge in [0.2, 0.25) is 5.91 Å². The van der Waals surface area contributed by atoms with E-state index in [9.17, 15) is 23.3 Å². The third kappa shape index (κ3) is 4.15. The normalized spacial score (nSPS) is 11.0. The number of hydrogen-bond donors (Lipinski definition) is 2.